The minimum atomic E-state index is -0.915. The molecule has 9 heteroatoms. The summed E-state index contributed by atoms with van der Waals surface area (Å²) < 4.78 is 15.9. The van der Waals surface area contributed by atoms with E-state index in [1.54, 1.807) is 61.5 Å². The number of esters is 1. The molecule has 0 aliphatic heterocycles. The van der Waals surface area contributed by atoms with Crippen molar-refractivity contribution in [3.8, 4) is 17.2 Å². The quantitative estimate of drug-likeness (QED) is 0.177. The van der Waals surface area contributed by atoms with Crippen LogP contribution < -0.4 is 25.0 Å². The maximum absolute atomic E-state index is 12.5. The summed E-state index contributed by atoms with van der Waals surface area (Å²) in [5, 5.41) is 6.48. The highest BCUT2D eigenvalue weighted by atomic mass is 16.6. The maximum atomic E-state index is 12.5. The summed E-state index contributed by atoms with van der Waals surface area (Å²) in [7, 11) is 2.98. The van der Waals surface area contributed by atoms with E-state index in [4.69, 9.17) is 14.2 Å². The maximum Gasteiger partial charge on any atom is 0.343 e. The van der Waals surface area contributed by atoms with Crippen molar-refractivity contribution in [2.24, 2.45) is 5.10 Å². The number of hydrogen-bond donors (Lipinski definition) is 2. The summed E-state index contributed by atoms with van der Waals surface area (Å²) in [4.78, 5) is 36.6. The molecule has 0 bridgehead atoms. The van der Waals surface area contributed by atoms with Crippen molar-refractivity contribution in [3.05, 3.63) is 83.4 Å². The Hall–Kier alpha value is -4.66. The van der Waals surface area contributed by atoms with E-state index in [0.717, 1.165) is 5.56 Å². The number of hydrazone groups is 1. The first-order valence-corrected chi connectivity index (χ1v) is 10.6. The number of rotatable bonds is 7. The Bertz CT molecular complexity index is 1250. The van der Waals surface area contributed by atoms with Gasteiger partial charge in [-0.25, -0.2) is 10.2 Å². The van der Waals surface area contributed by atoms with Crippen LogP contribution >= 0.6 is 0 Å². The molecule has 35 heavy (non-hydrogen) atoms. The summed E-state index contributed by atoms with van der Waals surface area (Å²) in [5.41, 5.74) is 5.11. The lowest BCUT2D eigenvalue weighted by Crippen LogP contribution is -2.32. The molecular formula is C26H25N3O6. The largest absolute Gasteiger partial charge is 0.497 e. The van der Waals surface area contributed by atoms with Crippen LogP contribution in [0.2, 0.25) is 0 Å². The van der Waals surface area contributed by atoms with Gasteiger partial charge in [0.15, 0.2) is 11.5 Å². The summed E-state index contributed by atoms with van der Waals surface area (Å²) in [6.45, 7) is 3.57. The number of nitrogens with zero attached hydrogens (tertiary/aromatic N) is 1. The van der Waals surface area contributed by atoms with Crippen molar-refractivity contribution in [2.75, 3.05) is 19.5 Å². The zero-order chi connectivity index (χ0) is 25.4. The first-order chi connectivity index (χ1) is 16.8. The van der Waals surface area contributed by atoms with E-state index in [-0.39, 0.29) is 5.75 Å². The van der Waals surface area contributed by atoms with Gasteiger partial charge in [-0.3, -0.25) is 9.59 Å². The van der Waals surface area contributed by atoms with Crippen LogP contribution in [0.5, 0.6) is 17.2 Å². The molecule has 0 atom stereocenters. The lowest BCUT2D eigenvalue weighted by Gasteiger charge is -2.11. The average molecular weight is 476 g/mol. The Morgan fingerprint density at radius 2 is 1.43 bits per heavy atom. The van der Waals surface area contributed by atoms with Crippen molar-refractivity contribution >= 4 is 29.2 Å². The van der Waals surface area contributed by atoms with E-state index >= 15 is 0 Å². The van der Waals surface area contributed by atoms with E-state index in [9.17, 15) is 14.4 Å². The fourth-order valence-electron chi connectivity index (χ4n) is 2.94. The van der Waals surface area contributed by atoms with Crippen LogP contribution in [-0.4, -0.2) is 37.7 Å². The monoisotopic (exact) mass is 475 g/mol. The zero-order valence-corrected chi connectivity index (χ0v) is 19.7. The summed E-state index contributed by atoms with van der Waals surface area (Å²) in [5.74, 6) is -1.19. The Labute approximate surface area is 202 Å². The number of amides is 2. The summed E-state index contributed by atoms with van der Waals surface area (Å²) in [6, 6.07) is 18.4. The van der Waals surface area contributed by atoms with Crippen LogP contribution in [0.1, 0.15) is 28.4 Å². The fourth-order valence-corrected chi connectivity index (χ4v) is 2.94. The predicted octanol–water partition coefficient (Wildman–Crippen LogP) is 3.71. The fraction of sp³-hybridized carbons (Fsp3) is 0.154. The minimum Gasteiger partial charge on any atom is -0.497 e. The Balaban J connectivity index is 1.65. The van der Waals surface area contributed by atoms with Gasteiger partial charge in [0.25, 0.3) is 0 Å². The Morgan fingerprint density at radius 1 is 0.771 bits per heavy atom. The molecule has 0 unspecified atom stereocenters. The van der Waals surface area contributed by atoms with E-state index in [1.165, 1.54) is 14.2 Å². The lowest BCUT2D eigenvalue weighted by molar-refractivity contribution is -0.136. The number of benzene rings is 3. The van der Waals surface area contributed by atoms with Crippen molar-refractivity contribution in [3.63, 3.8) is 0 Å². The Kier molecular flexibility index (Phi) is 8.18. The van der Waals surface area contributed by atoms with Crippen LogP contribution in [0, 0.1) is 6.92 Å². The second kappa shape index (κ2) is 11.5. The number of ether oxygens (including phenoxy) is 3. The van der Waals surface area contributed by atoms with Crippen molar-refractivity contribution in [1.29, 1.82) is 0 Å². The SMILES string of the molecule is COc1ccc(C(=O)Oc2ccc(C(C)=NNC(=O)C(=O)Nc3ccc(C)cc3)cc2OC)cc1. The molecule has 0 saturated heterocycles. The normalized spacial score (nSPS) is 10.8. The van der Waals surface area contributed by atoms with Gasteiger partial charge in [-0.05, 0) is 68.4 Å². The van der Waals surface area contributed by atoms with E-state index in [0.29, 0.717) is 34.0 Å². The number of methoxy groups -OCH3 is 2. The first-order valence-electron chi connectivity index (χ1n) is 10.6. The molecule has 0 spiro atoms. The molecule has 0 fully saturated rings. The Morgan fingerprint density at radius 3 is 2.06 bits per heavy atom. The van der Waals surface area contributed by atoms with Gasteiger partial charge >= 0.3 is 17.8 Å². The molecule has 2 N–H and O–H groups in total. The number of carbonyl (C=O) groups is 3. The van der Waals surface area contributed by atoms with Gasteiger partial charge in [-0.1, -0.05) is 17.7 Å². The van der Waals surface area contributed by atoms with Crippen LogP contribution in [-0.2, 0) is 9.59 Å². The summed E-state index contributed by atoms with van der Waals surface area (Å²) in [6.07, 6.45) is 0. The van der Waals surface area contributed by atoms with Gasteiger partial charge in [0, 0.05) is 11.3 Å². The molecule has 0 aliphatic carbocycles. The molecule has 3 rings (SSSR count). The predicted molar refractivity (Wildman–Crippen MR) is 131 cm³/mol. The first kappa shape index (κ1) is 25.0. The molecule has 3 aromatic rings. The van der Waals surface area contributed by atoms with Crippen LogP contribution in [0.4, 0.5) is 5.69 Å². The third kappa shape index (κ3) is 6.67. The van der Waals surface area contributed by atoms with Gasteiger partial charge in [0.05, 0.1) is 25.5 Å². The molecule has 180 valence electrons. The van der Waals surface area contributed by atoms with E-state index < -0.39 is 17.8 Å². The number of anilines is 1. The highest BCUT2D eigenvalue weighted by Gasteiger charge is 2.16. The van der Waals surface area contributed by atoms with Crippen molar-refractivity contribution in [1.82, 2.24) is 5.43 Å². The standard InChI is InChI=1S/C26H25N3O6/c1-16-5-10-20(11-6-16)27-24(30)25(31)29-28-17(2)19-9-14-22(23(15-19)34-4)35-26(32)18-7-12-21(33-3)13-8-18/h5-15H,1-4H3,(H,27,30)(H,29,31). The number of aryl methyl sites for hydroxylation is 1. The molecule has 9 nitrogen and oxygen atoms in total. The molecular weight excluding hydrogens is 450 g/mol. The van der Waals surface area contributed by atoms with Crippen molar-refractivity contribution < 1.29 is 28.6 Å². The molecule has 0 aliphatic rings. The molecule has 0 saturated carbocycles. The number of nitrogens with one attached hydrogen (secondary N) is 2. The third-order valence-corrected chi connectivity index (χ3v) is 4.95. The van der Waals surface area contributed by atoms with Gasteiger partial charge in [0.2, 0.25) is 0 Å². The van der Waals surface area contributed by atoms with Crippen LogP contribution in [0.25, 0.3) is 0 Å². The molecule has 3 aromatic carbocycles. The van der Waals surface area contributed by atoms with Crippen LogP contribution in [0.15, 0.2) is 71.8 Å². The minimum absolute atomic E-state index is 0.214. The lowest BCUT2D eigenvalue weighted by atomic mass is 10.1. The highest BCUT2D eigenvalue weighted by Crippen LogP contribution is 2.29. The third-order valence-electron chi connectivity index (χ3n) is 4.95. The second-order valence-corrected chi connectivity index (χ2v) is 7.44. The topological polar surface area (TPSA) is 115 Å². The van der Waals surface area contributed by atoms with Crippen LogP contribution in [0.3, 0.4) is 0 Å². The molecule has 0 heterocycles. The van der Waals surface area contributed by atoms with E-state index in [1.807, 2.05) is 19.1 Å². The van der Waals surface area contributed by atoms with Crippen molar-refractivity contribution in [2.45, 2.75) is 13.8 Å². The second-order valence-electron chi connectivity index (χ2n) is 7.44. The zero-order valence-electron chi connectivity index (χ0n) is 19.7. The highest BCUT2D eigenvalue weighted by molar-refractivity contribution is 6.39. The summed E-state index contributed by atoms with van der Waals surface area (Å²) >= 11 is 0. The van der Waals surface area contributed by atoms with Gasteiger partial charge in [0.1, 0.15) is 5.75 Å². The van der Waals surface area contributed by atoms with Gasteiger partial charge < -0.3 is 19.5 Å². The van der Waals surface area contributed by atoms with E-state index in [2.05, 4.69) is 15.8 Å². The smallest absolute Gasteiger partial charge is 0.343 e. The number of hydrogen-bond acceptors (Lipinski definition) is 7. The molecule has 2 amide bonds. The molecule has 0 radical (unpaired) electrons. The molecule has 0 aromatic heterocycles. The number of carbonyl (C=O) groups excluding carboxylic acids is 3. The van der Waals surface area contributed by atoms with Gasteiger partial charge in [-0.2, -0.15) is 5.10 Å². The average Bonchev–Trinajstić information content (AvgIpc) is 2.88. The van der Waals surface area contributed by atoms with Gasteiger partial charge in [-0.15, -0.1) is 0 Å².